The third-order valence-electron chi connectivity index (χ3n) is 4.89. The highest BCUT2D eigenvalue weighted by Crippen LogP contribution is 2.40. The first kappa shape index (κ1) is 15.1. The molecule has 24 heavy (non-hydrogen) atoms. The summed E-state index contributed by atoms with van der Waals surface area (Å²) in [6.45, 7) is 0.927. The largest absolute Gasteiger partial charge is 0.493 e. The number of benzene rings is 1. The molecule has 2 aliphatic heterocycles. The Kier molecular flexibility index (Phi) is 3.67. The molecule has 6 nitrogen and oxygen atoms in total. The highest BCUT2D eigenvalue weighted by molar-refractivity contribution is 5.94. The van der Waals surface area contributed by atoms with Crippen molar-refractivity contribution in [1.82, 2.24) is 9.55 Å². The first-order chi connectivity index (χ1) is 11.7. The third-order valence-corrected chi connectivity index (χ3v) is 4.89. The van der Waals surface area contributed by atoms with Gasteiger partial charge >= 0.3 is 0 Å². The molecule has 1 aromatic carbocycles. The van der Waals surface area contributed by atoms with Crippen molar-refractivity contribution in [2.45, 2.75) is 38.1 Å². The first-order valence-corrected chi connectivity index (χ1v) is 8.32. The van der Waals surface area contributed by atoms with Gasteiger partial charge in [0.1, 0.15) is 11.6 Å². The van der Waals surface area contributed by atoms with Crippen molar-refractivity contribution in [1.29, 1.82) is 0 Å². The smallest absolute Gasteiger partial charge is 0.226 e. The first-order valence-electron chi connectivity index (χ1n) is 8.32. The number of amides is 1. The summed E-state index contributed by atoms with van der Waals surface area (Å²) in [5, 5.41) is 3.02. The van der Waals surface area contributed by atoms with Gasteiger partial charge in [0.05, 0.1) is 19.9 Å². The predicted octanol–water partition coefficient (Wildman–Crippen LogP) is 2.71. The van der Waals surface area contributed by atoms with Gasteiger partial charge in [0.15, 0.2) is 11.5 Å². The van der Waals surface area contributed by atoms with Gasteiger partial charge in [-0.15, -0.1) is 0 Å². The maximum Gasteiger partial charge on any atom is 0.226 e. The van der Waals surface area contributed by atoms with E-state index in [4.69, 9.17) is 14.5 Å². The number of anilines is 1. The van der Waals surface area contributed by atoms with E-state index in [0.717, 1.165) is 48.7 Å². The molecule has 126 valence electrons. The van der Waals surface area contributed by atoms with Gasteiger partial charge in [0.2, 0.25) is 5.91 Å². The Morgan fingerprint density at radius 1 is 1.21 bits per heavy atom. The van der Waals surface area contributed by atoms with Crippen molar-refractivity contribution in [2.75, 3.05) is 19.5 Å². The molecule has 1 N–H and O–H groups in total. The van der Waals surface area contributed by atoms with Crippen molar-refractivity contribution in [3.63, 3.8) is 0 Å². The predicted molar refractivity (Wildman–Crippen MR) is 89.8 cm³/mol. The number of nitrogens with zero attached hydrogens (tertiary/aromatic N) is 2. The summed E-state index contributed by atoms with van der Waals surface area (Å²) in [6.07, 6.45) is 3.66. The van der Waals surface area contributed by atoms with E-state index >= 15 is 0 Å². The molecule has 0 fully saturated rings. The number of carbonyl (C=O) groups is 1. The Bertz CT molecular complexity index is 797. The van der Waals surface area contributed by atoms with Crippen LogP contribution in [0.25, 0.3) is 0 Å². The number of rotatable bonds is 3. The maximum absolute atomic E-state index is 12.3. The zero-order valence-corrected chi connectivity index (χ0v) is 14.0. The third kappa shape index (κ3) is 2.33. The van der Waals surface area contributed by atoms with Crippen LogP contribution >= 0.6 is 0 Å². The highest BCUT2D eigenvalue weighted by Gasteiger charge is 2.33. The van der Waals surface area contributed by atoms with Gasteiger partial charge in [-0.25, -0.2) is 4.98 Å². The molecule has 3 heterocycles. The van der Waals surface area contributed by atoms with Gasteiger partial charge in [-0.2, -0.15) is 0 Å². The summed E-state index contributed by atoms with van der Waals surface area (Å²) in [4.78, 5) is 17.1. The van der Waals surface area contributed by atoms with E-state index < -0.39 is 0 Å². The van der Waals surface area contributed by atoms with Crippen LogP contribution in [0.1, 0.15) is 42.3 Å². The van der Waals surface area contributed by atoms with Crippen LogP contribution < -0.4 is 14.8 Å². The van der Waals surface area contributed by atoms with Crippen LogP contribution in [-0.2, 0) is 17.8 Å². The van der Waals surface area contributed by atoms with Crippen LogP contribution in [0.5, 0.6) is 11.5 Å². The molecule has 1 amide bonds. The molecule has 0 saturated heterocycles. The van der Waals surface area contributed by atoms with Crippen LogP contribution in [0.2, 0.25) is 0 Å². The number of hydrogen-bond donors (Lipinski definition) is 1. The van der Waals surface area contributed by atoms with Gasteiger partial charge in [0.25, 0.3) is 0 Å². The monoisotopic (exact) mass is 327 g/mol. The topological polar surface area (TPSA) is 65.4 Å². The van der Waals surface area contributed by atoms with Crippen molar-refractivity contribution in [3.8, 4) is 11.5 Å². The number of fused-ring (bicyclic) bond motifs is 3. The summed E-state index contributed by atoms with van der Waals surface area (Å²) in [5.41, 5.74) is 2.00. The van der Waals surface area contributed by atoms with Gasteiger partial charge < -0.3 is 19.4 Å². The Morgan fingerprint density at radius 2 is 2.04 bits per heavy atom. The van der Waals surface area contributed by atoms with Gasteiger partial charge in [0, 0.05) is 25.3 Å². The Hall–Kier alpha value is -2.50. The molecule has 1 atom stereocenters. The fourth-order valence-electron chi connectivity index (χ4n) is 3.69. The molecule has 0 saturated carbocycles. The molecule has 0 bridgehead atoms. The Balaban J connectivity index is 1.80. The molecule has 0 aliphatic carbocycles. The van der Waals surface area contributed by atoms with E-state index in [1.54, 1.807) is 14.2 Å². The Labute approximate surface area is 140 Å². The average molecular weight is 327 g/mol. The van der Waals surface area contributed by atoms with Crippen molar-refractivity contribution in [2.24, 2.45) is 0 Å². The lowest BCUT2D eigenvalue weighted by molar-refractivity contribution is -0.116. The van der Waals surface area contributed by atoms with Crippen LogP contribution in [0.3, 0.4) is 0 Å². The van der Waals surface area contributed by atoms with Gasteiger partial charge in [-0.3, -0.25) is 4.79 Å². The van der Waals surface area contributed by atoms with Gasteiger partial charge in [-0.05, 0) is 30.5 Å². The second kappa shape index (κ2) is 5.85. The number of carbonyl (C=O) groups excluding carboxylic acids is 1. The number of imidazole rings is 1. The van der Waals surface area contributed by atoms with Crippen LogP contribution in [0.15, 0.2) is 18.2 Å². The van der Waals surface area contributed by atoms with E-state index in [9.17, 15) is 4.79 Å². The number of methoxy groups -OCH3 is 2. The lowest BCUT2D eigenvalue weighted by atomic mass is 9.89. The minimum absolute atomic E-state index is 0.0376. The molecule has 0 radical (unpaired) electrons. The summed E-state index contributed by atoms with van der Waals surface area (Å²) in [7, 11) is 3.24. The van der Waals surface area contributed by atoms with Gasteiger partial charge in [-0.1, -0.05) is 6.07 Å². The number of hydrogen-bond acceptors (Lipinski definition) is 4. The average Bonchev–Trinajstić information content (AvgIpc) is 2.99. The lowest BCUT2D eigenvalue weighted by Gasteiger charge is -2.24. The van der Waals surface area contributed by atoms with Crippen LogP contribution in [0.4, 0.5) is 5.82 Å². The number of aromatic nitrogens is 2. The molecule has 1 aromatic heterocycles. The molecule has 2 aliphatic rings. The van der Waals surface area contributed by atoms with E-state index in [1.165, 1.54) is 0 Å². The SMILES string of the molecule is COc1ccc([C@H]2CC(=O)Nc3c2nc2n3CCCC2)cc1OC. The van der Waals surface area contributed by atoms with Crippen molar-refractivity contribution < 1.29 is 14.3 Å². The Morgan fingerprint density at radius 3 is 2.83 bits per heavy atom. The maximum atomic E-state index is 12.3. The summed E-state index contributed by atoms with van der Waals surface area (Å²) < 4.78 is 12.9. The lowest BCUT2D eigenvalue weighted by Crippen LogP contribution is -2.25. The normalized spacial score (nSPS) is 19.2. The summed E-state index contributed by atoms with van der Waals surface area (Å²) >= 11 is 0. The molecule has 0 unspecified atom stereocenters. The van der Waals surface area contributed by atoms with E-state index in [1.807, 2.05) is 18.2 Å². The standard InChI is InChI=1S/C18H21N3O3/c1-23-13-7-6-11(9-14(13)24-2)12-10-16(22)20-18-17(12)19-15-5-3-4-8-21(15)18/h6-7,9,12H,3-5,8,10H2,1-2H3,(H,20,22)/t12-/m1/s1. The molecule has 0 spiro atoms. The molecular weight excluding hydrogens is 306 g/mol. The highest BCUT2D eigenvalue weighted by atomic mass is 16.5. The second-order valence-electron chi connectivity index (χ2n) is 6.29. The zero-order valence-electron chi connectivity index (χ0n) is 14.0. The minimum atomic E-state index is -0.0494. The van der Waals surface area contributed by atoms with Crippen molar-refractivity contribution >= 4 is 11.7 Å². The zero-order chi connectivity index (χ0) is 16.7. The minimum Gasteiger partial charge on any atom is -0.493 e. The van der Waals surface area contributed by atoms with Crippen LogP contribution in [0, 0.1) is 0 Å². The molecule has 6 heteroatoms. The number of nitrogens with one attached hydrogen (secondary N) is 1. The molecular formula is C18H21N3O3. The quantitative estimate of drug-likeness (QED) is 0.941. The fourth-order valence-corrected chi connectivity index (χ4v) is 3.69. The number of aryl methyl sites for hydroxylation is 1. The summed E-state index contributed by atoms with van der Waals surface area (Å²) in [5.74, 6) is 3.30. The molecule has 4 rings (SSSR count). The second-order valence-corrected chi connectivity index (χ2v) is 6.29. The van der Waals surface area contributed by atoms with E-state index in [0.29, 0.717) is 17.9 Å². The van der Waals surface area contributed by atoms with Crippen molar-refractivity contribution in [3.05, 3.63) is 35.3 Å². The fraction of sp³-hybridized carbons (Fsp3) is 0.444. The number of ether oxygens (including phenoxy) is 2. The van der Waals surface area contributed by atoms with E-state index in [2.05, 4.69) is 9.88 Å². The van der Waals surface area contributed by atoms with E-state index in [-0.39, 0.29) is 11.8 Å². The molecule has 2 aromatic rings. The summed E-state index contributed by atoms with van der Waals surface area (Å²) in [6, 6.07) is 5.83. The van der Waals surface area contributed by atoms with Crippen LogP contribution in [-0.4, -0.2) is 29.7 Å².